The largest absolute Gasteiger partial charge is 0.275 e. The Kier molecular flexibility index (Phi) is 1.18. The summed E-state index contributed by atoms with van der Waals surface area (Å²) in [4.78, 5) is 8.06. The highest BCUT2D eigenvalue weighted by molar-refractivity contribution is 14.2. The average Bonchev–Trinajstić information content (AvgIpc) is 2.33. The molecule has 0 spiro atoms. The molecule has 3 nitrogen and oxygen atoms in total. The standard InChI is InChI=1S/C5H4IN3/c1-2-9-5(3-7-1)8-4-6-9/h1-4H. The highest BCUT2D eigenvalue weighted by Crippen LogP contribution is 2.16. The monoisotopic (exact) mass is 233 g/mol. The third-order valence-corrected chi connectivity index (χ3v) is 2.97. The van der Waals surface area contributed by atoms with E-state index in [0.29, 0.717) is 0 Å². The number of halogens is 1. The highest BCUT2D eigenvalue weighted by atomic mass is 127. The van der Waals surface area contributed by atoms with Gasteiger partial charge in [0.25, 0.3) is 0 Å². The van der Waals surface area contributed by atoms with Crippen LogP contribution in [0.25, 0.3) is 0 Å². The first-order valence-electron chi connectivity index (χ1n) is 2.49. The van der Waals surface area contributed by atoms with Crippen LogP contribution in [-0.2, 0) is 0 Å². The highest BCUT2D eigenvalue weighted by Gasteiger charge is 2.08. The molecule has 0 aliphatic carbocycles. The maximum Gasteiger partial charge on any atom is 0.160 e. The van der Waals surface area contributed by atoms with Crippen LogP contribution >= 0.6 is 21.0 Å². The van der Waals surface area contributed by atoms with E-state index < -0.39 is 0 Å². The summed E-state index contributed by atoms with van der Waals surface area (Å²) in [5.74, 6) is 0.991. The van der Waals surface area contributed by atoms with Crippen molar-refractivity contribution < 1.29 is 0 Å². The molecule has 2 aliphatic rings. The van der Waals surface area contributed by atoms with Gasteiger partial charge in [-0.25, -0.2) is 4.99 Å². The third kappa shape index (κ3) is 0.827. The van der Waals surface area contributed by atoms with E-state index in [1.165, 1.54) is 0 Å². The minimum Gasteiger partial charge on any atom is -0.275 e. The molecule has 46 valence electrons. The number of rotatable bonds is 0. The zero-order chi connectivity index (χ0) is 6.10. The summed E-state index contributed by atoms with van der Waals surface area (Å²) < 4.78 is 4.13. The summed E-state index contributed by atoms with van der Waals surface area (Å²) >= 11 is 0.00749. The van der Waals surface area contributed by atoms with Gasteiger partial charge in [-0.1, -0.05) is 0 Å². The van der Waals surface area contributed by atoms with Gasteiger partial charge in [-0.2, -0.15) is 0 Å². The van der Waals surface area contributed by atoms with Gasteiger partial charge in [-0.05, 0) is 0 Å². The second-order valence-electron chi connectivity index (χ2n) is 1.57. The van der Waals surface area contributed by atoms with Gasteiger partial charge in [-0.3, -0.25) is 8.11 Å². The molecule has 9 heavy (non-hydrogen) atoms. The molecule has 2 heterocycles. The van der Waals surface area contributed by atoms with Crippen LogP contribution in [0.2, 0.25) is 0 Å². The summed E-state index contributed by atoms with van der Waals surface area (Å²) in [6, 6.07) is 0. The molecule has 0 aromatic heterocycles. The molecule has 0 saturated heterocycles. The molecule has 4 heteroatoms. The third-order valence-electron chi connectivity index (χ3n) is 1.02. The Hall–Kier alpha value is -0.520. The number of amidine groups is 1. The first kappa shape index (κ1) is 5.28. The smallest absolute Gasteiger partial charge is 0.160 e. The quantitative estimate of drug-likeness (QED) is 0.451. The van der Waals surface area contributed by atoms with Crippen molar-refractivity contribution in [2.45, 2.75) is 0 Å². The Morgan fingerprint density at radius 3 is 3.44 bits per heavy atom. The van der Waals surface area contributed by atoms with Crippen molar-refractivity contribution in [1.29, 1.82) is 0 Å². The van der Waals surface area contributed by atoms with Crippen LogP contribution in [0.1, 0.15) is 0 Å². The molecular formula is C5H4IN3. The molecular weight excluding hydrogens is 229 g/mol. The number of nitrogens with zero attached hydrogens (tertiary/aromatic N) is 3. The summed E-state index contributed by atoms with van der Waals surface area (Å²) in [5.41, 5.74) is 0. The molecule has 0 fully saturated rings. The molecule has 0 atom stereocenters. The SMILES string of the molecule is C1=CN2I=CN=C2C=N1. The van der Waals surface area contributed by atoms with Crippen molar-refractivity contribution in [2.75, 3.05) is 0 Å². The second kappa shape index (κ2) is 2.02. The fourth-order valence-electron chi connectivity index (χ4n) is 0.628. The van der Waals surface area contributed by atoms with Gasteiger partial charge in [0.05, 0.1) is 10.4 Å². The fraction of sp³-hybridized carbons (Fsp3) is 0. The molecule has 2 aliphatic heterocycles. The lowest BCUT2D eigenvalue weighted by molar-refractivity contribution is 1.000. The number of hydrogen-bond acceptors (Lipinski definition) is 3. The minimum atomic E-state index is 0.00749. The number of fused-ring (bicyclic) bond motifs is 1. The zero-order valence-electron chi connectivity index (χ0n) is 4.53. The summed E-state index contributed by atoms with van der Waals surface area (Å²) in [6.45, 7) is 0. The van der Waals surface area contributed by atoms with E-state index >= 15 is 0 Å². The Labute approximate surface area is 62.9 Å². The Morgan fingerprint density at radius 2 is 2.56 bits per heavy atom. The molecule has 0 N–H and O–H groups in total. The van der Waals surface area contributed by atoms with Gasteiger partial charge in [0.15, 0.2) is 5.84 Å². The van der Waals surface area contributed by atoms with Crippen LogP contribution in [-0.4, -0.2) is 19.3 Å². The normalized spacial score (nSPS) is 21.3. The minimum absolute atomic E-state index is 0.00749. The van der Waals surface area contributed by atoms with E-state index in [1.807, 2.05) is 10.3 Å². The van der Waals surface area contributed by atoms with E-state index in [0.717, 1.165) is 5.84 Å². The molecule has 0 radical (unpaired) electrons. The van der Waals surface area contributed by atoms with E-state index in [2.05, 4.69) is 13.1 Å². The Balaban J connectivity index is 2.40. The Bertz CT molecular complexity index is 239. The van der Waals surface area contributed by atoms with Gasteiger partial charge in [0, 0.05) is 33.4 Å². The van der Waals surface area contributed by atoms with Crippen LogP contribution < -0.4 is 0 Å². The molecule has 0 amide bonds. The van der Waals surface area contributed by atoms with Crippen molar-refractivity contribution in [3.63, 3.8) is 0 Å². The van der Waals surface area contributed by atoms with Crippen LogP contribution in [0.4, 0.5) is 0 Å². The molecule has 0 aromatic rings. The van der Waals surface area contributed by atoms with Crippen molar-refractivity contribution in [1.82, 2.24) is 3.11 Å². The maximum atomic E-state index is 4.12. The van der Waals surface area contributed by atoms with Gasteiger partial charge in [0.2, 0.25) is 0 Å². The van der Waals surface area contributed by atoms with Crippen LogP contribution in [0, 0.1) is 0 Å². The second-order valence-corrected chi connectivity index (χ2v) is 3.72. The van der Waals surface area contributed by atoms with Gasteiger partial charge >= 0.3 is 0 Å². The summed E-state index contributed by atoms with van der Waals surface area (Å²) in [7, 11) is 0. The molecule has 0 unspecified atom stereocenters. The summed E-state index contributed by atoms with van der Waals surface area (Å²) in [5, 5.41) is 0. The molecule has 0 saturated carbocycles. The Morgan fingerprint density at radius 1 is 1.56 bits per heavy atom. The van der Waals surface area contributed by atoms with Gasteiger partial charge in [0.1, 0.15) is 0 Å². The van der Waals surface area contributed by atoms with E-state index in [1.54, 1.807) is 12.4 Å². The van der Waals surface area contributed by atoms with Crippen molar-refractivity contribution in [3.05, 3.63) is 12.4 Å². The van der Waals surface area contributed by atoms with Crippen molar-refractivity contribution in [3.8, 4) is 0 Å². The van der Waals surface area contributed by atoms with E-state index in [9.17, 15) is 0 Å². The number of hydrogen-bond donors (Lipinski definition) is 0. The first-order chi connectivity index (χ1) is 4.47. The zero-order valence-corrected chi connectivity index (χ0v) is 6.69. The molecule has 0 aromatic carbocycles. The first-order valence-corrected chi connectivity index (χ1v) is 4.70. The van der Waals surface area contributed by atoms with Gasteiger partial charge < -0.3 is 0 Å². The number of aliphatic imine (C=N–C) groups is 2. The average molecular weight is 233 g/mol. The molecule has 2 rings (SSSR count). The topological polar surface area (TPSA) is 28.0 Å². The predicted molar refractivity (Wildman–Crippen MR) is 47.0 cm³/mol. The maximum absolute atomic E-state index is 4.12. The van der Waals surface area contributed by atoms with Gasteiger partial charge in [-0.15, -0.1) is 0 Å². The molecule has 0 bridgehead atoms. The van der Waals surface area contributed by atoms with Crippen LogP contribution in [0.5, 0.6) is 0 Å². The van der Waals surface area contributed by atoms with E-state index in [4.69, 9.17) is 0 Å². The lowest BCUT2D eigenvalue weighted by atomic mass is 10.6. The summed E-state index contributed by atoms with van der Waals surface area (Å²) in [6.07, 6.45) is 5.54. The van der Waals surface area contributed by atoms with Crippen LogP contribution in [0.15, 0.2) is 22.4 Å². The predicted octanol–water partition coefficient (Wildman–Crippen LogP) is 0.901. The fourth-order valence-corrected chi connectivity index (χ4v) is 2.17. The lowest BCUT2D eigenvalue weighted by Gasteiger charge is -2.09. The van der Waals surface area contributed by atoms with E-state index in [-0.39, 0.29) is 21.0 Å². The van der Waals surface area contributed by atoms with Crippen molar-refractivity contribution >= 4 is 37.2 Å². The van der Waals surface area contributed by atoms with Crippen molar-refractivity contribution in [2.24, 2.45) is 9.98 Å². The lowest BCUT2D eigenvalue weighted by Crippen LogP contribution is -2.16. The van der Waals surface area contributed by atoms with Crippen LogP contribution in [0.3, 0.4) is 0 Å².